The highest BCUT2D eigenvalue weighted by molar-refractivity contribution is 6.33. The summed E-state index contributed by atoms with van der Waals surface area (Å²) in [6.45, 7) is 0. The number of nitro groups is 1. The Morgan fingerprint density at radius 3 is 2.60 bits per heavy atom. The van der Waals surface area contributed by atoms with Crippen LogP contribution in [0.5, 0.6) is 0 Å². The number of rotatable bonds is 4. The molecule has 0 aliphatic heterocycles. The topological polar surface area (TPSA) is 43.1 Å². The number of nitrogens with zero attached hydrogens (tertiary/aromatic N) is 1. The van der Waals surface area contributed by atoms with Gasteiger partial charge in [-0.25, -0.2) is 4.39 Å². The molecule has 0 saturated carbocycles. The van der Waals surface area contributed by atoms with Crippen LogP contribution in [0.25, 0.3) is 0 Å². The quantitative estimate of drug-likeness (QED) is 0.457. The molecular weight excluding hydrogens is 304 g/mol. The lowest BCUT2D eigenvalue weighted by molar-refractivity contribution is -0.385. The first-order valence-electron chi connectivity index (χ1n) is 5.81. The molecule has 0 N–H and O–H groups in total. The molecule has 2 aromatic rings. The van der Waals surface area contributed by atoms with E-state index < -0.39 is 16.1 Å². The molecule has 0 aliphatic rings. The monoisotopic (exact) mass is 313 g/mol. The molecule has 104 valence electrons. The number of alkyl halides is 1. The minimum atomic E-state index is -0.640. The van der Waals surface area contributed by atoms with Crippen LogP contribution in [-0.4, -0.2) is 4.92 Å². The Labute approximate surface area is 125 Å². The zero-order valence-corrected chi connectivity index (χ0v) is 11.7. The first-order chi connectivity index (χ1) is 9.50. The average Bonchev–Trinajstić information content (AvgIpc) is 2.42. The molecule has 1 unspecified atom stereocenters. The summed E-state index contributed by atoms with van der Waals surface area (Å²) in [5.41, 5.74) is 0.898. The highest BCUT2D eigenvalue weighted by Crippen LogP contribution is 2.34. The Kier molecular flexibility index (Phi) is 4.57. The van der Waals surface area contributed by atoms with E-state index in [2.05, 4.69) is 0 Å². The second-order valence-electron chi connectivity index (χ2n) is 4.20. The summed E-state index contributed by atoms with van der Waals surface area (Å²) in [4.78, 5) is 10.5. The van der Waals surface area contributed by atoms with Crippen LogP contribution in [0.4, 0.5) is 10.1 Å². The van der Waals surface area contributed by atoms with E-state index in [1.165, 1.54) is 18.2 Å². The van der Waals surface area contributed by atoms with Crippen LogP contribution in [0.1, 0.15) is 16.5 Å². The van der Waals surface area contributed by atoms with Crippen molar-refractivity contribution in [2.45, 2.75) is 11.8 Å². The van der Waals surface area contributed by atoms with Crippen molar-refractivity contribution in [3.05, 3.63) is 74.5 Å². The van der Waals surface area contributed by atoms with Crippen LogP contribution in [-0.2, 0) is 6.42 Å². The van der Waals surface area contributed by atoms with Gasteiger partial charge in [-0.2, -0.15) is 0 Å². The molecule has 0 heterocycles. The maximum atomic E-state index is 13.4. The zero-order chi connectivity index (χ0) is 14.7. The first-order valence-corrected chi connectivity index (χ1v) is 6.62. The fourth-order valence-corrected chi connectivity index (χ4v) is 2.59. The van der Waals surface area contributed by atoms with E-state index in [4.69, 9.17) is 23.2 Å². The molecule has 0 amide bonds. The minimum Gasteiger partial charge on any atom is -0.258 e. The van der Waals surface area contributed by atoms with Crippen LogP contribution in [0.15, 0.2) is 42.5 Å². The maximum absolute atomic E-state index is 13.4. The summed E-state index contributed by atoms with van der Waals surface area (Å²) in [6, 6.07) is 10.7. The van der Waals surface area contributed by atoms with E-state index in [-0.39, 0.29) is 17.1 Å². The van der Waals surface area contributed by atoms with Gasteiger partial charge >= 0.3 is 0 Å². The van der Waals surface area contributed by atoms with Crippen molar-refractivity contribution < 1.29 is 9.31 Å². The summed E-state index contributed by atoms with van der Waals surface area (Å²) in [5.74, 6) is -0.558. The van der Waals surface area contributed by atoms with E-state index in [1.807, 2.05) is 0 Å². The second-order valence-corrected chi connectivity index (χ2v) is 5.11. The third-order valence-corrected chi connectivity index (χ3v) is 3.69. The van der Waals surface area contributed by atoms with Crippen LogP contribution >= 0.6 is 23.2 Å². The molecule has 0 saturated heterocycles. The first kappa shape index (κ1) is 14.8. The Hall–Kier alpha value is -1.65. The largest absolute Gasteiger partial charge is 0.272 e. The molecule has 3 nitrogen and oxygen atoms in total. The standard InChI is InChI=1S/C14H10Cl2FNO2/c15-11(10-5-3-6-12(17)14(10)16)8-9-4-1-2-7-13(9)18(19)20/h1-7,11H,8H2. The van der Waals surface area contributed by atoms with Gasteiger partial charge in [0.1, 0.15) is 5.82 Å². The van der Waals surface area contributed by atoms with E-state index >= 15 is 0 Å². The van der Waals surface area contributed by atoms with Crippen molar-refractivity contribution in [1.29, 1.82) is 0 Å². The lowest BCUT2D eigenvalue weighted by Crippen LogP contribution is -2.01. The molecule has 2 aromatic carbocycles. The third-order valence-electron chi connectivity index (χ3n) is 2.91. The van der Waals surface area contributed by atoms with E-state index in [9.17, 15) is 14.5 Å². The Balaban J connectivity index is 2.30. The number of nitro benzene ring substituents is 1. The van der Waals surface area contributed by atoms with Gasteiger partial charge < -0.3 is 0 Å². The fourth-order valence-electron chi connectivity index (χ4n) is 1.93. The summed E-state index contributed by atoms with van der Waals surface area (Å²) in [5, 5.41) is 10.2. The second kappa shape index (κ2) is 6.20. The van der Waals surface area contributed by atoms with Crippen molar-refractivity contribution in [2.75, 3.05) is 0 Å². The predicted octanol–water partition coefficient (Wildman–Crippen LogP) is 4.91. The molecular formula is C14H10Cl2FNO2. The van der Waals surface area contributed by atoms with Crippen LogP contribution in [0.3, 0.4) is 0 Å². The summed E-state index contributed by atoms with van der Waals surface area (Å²) >= 11 is 12.1. The maximum Gasteiger partial charge on any atom is 0.272 e. The molecule has 0 aliphatic carbocycles. The van der Waals surface area contributed by atoms with Crippen LogP contribution in [0.2, 0.25) is 5.02 Å². The highest BCUT2D eigenvalue weighted by Gasteiger charge is 2.20. The van der Waals surface area contributed by atoms with Crippen LogP contribution < -0.4 is 0 Å². The van der Waals surface area contributed by atoms with Gasteiger partial charge in [-0.15, -0.1) is 11.6 Å². The molecule has 0 bridgehead atoms. The van der Waals surface area contributed by atoms with Gasteiger partial charge in [0.05, 0.1) is 15.3 Å². The Bertz CT molecular complexity index is 649. The molecule has 1 atom stereocenters. The van der Waals surface area contributed by atoms with Gasteiger partial charge in [-0.05, 0) is 18.1 Å². The minimum absolute atomic E-state index is 0.00863. The molecule has 6 heteroatoms. The summed E-state index contributed by atoms with van der Waals surface area (Å²) in [6.07, 6.45) is 0.196. The van der Waals surface area contributed by atoms with Crippen molar-refractivity contribution in [1.82, 2.24) is 0 Å². The zero-order valence-electron chi connectivity index (χ0n) is 10.2. The highest BCUT2D eigenvalue weighted by atomic mass is 35.5. The van der Waals surface area contributed by atoms with Crippen molar-refractivity contribution in [3.63, 3.8) is 0 Å². The number of benzene rings is 2. The van der Waals surface area contributed by atoms with E-state index in [1.54, 1.807) is 24.3 Å². The van der Waals surface area contributed by atoms with Crippen molar-refractivity contribution in [2.24, 2.45) is 0 Å². The van der Waals surface area contributed by atoms with Crippen molar-refractivity contribution in [3.8, 4) is 0 Å². The Morgan fingerprint density at radius 2 is 1.90 bits per heavy atom. The van der Waals surface area contributed by atoms with E-state index in [0.29, 0.717) is 11.1 Å². The van der Waals surface area contributed by atoms with E-state index in [0.717, 1.165) is 0 Å². The lowest BCUT2D eigenvalue weighted by Gasteiger charge is -2.12. The van der Waals surface area contributed by atoms with Crippen molar-refractivity contribution >= 4 is 28.9 Å². The molecule has 20 heavy (non-hydrogen) atoms. The van der Waals surface area contributed by atoms with Gasteiger partial charge in [0.2, 0.25) is 0 Å². The predicted molar refractivity (Wildman–Crippen MR) is 76.8 cm³/mol. The van der Waals surface area contributed by atoms with Gasteiger partial charge in [0.25, 0.3) is 5.69 Å². The smallest absolute Gasteiger partial charge is 0.258 e. The van der Waals surface area contributed by atoms with Gasteiger partial charge in [0, 0.05) is 11.6 Å². The number of para-hydroxylation sites is 1. The summed E-state index contributed by atoms with van der Waals surface area (Å²) in [7, 11) is 0. The molecule has 0 aromatic heterocycles. The number of hydrogen-bond donors (Lipinski definition) is 0. The van der Waals surface area contributed by atoms with Gasteiger partial charge in [-0.1, -0.05) is 41.9 Å². The fraction of sp³-hybridized carbons (Fsp3) is 0.143. The summed E-state index contributed by atoms with van der Waals surface area (Å²) < 4.78 is 13.4. The van der Waals surface area contributed by atoms with Gasteiger partial charge in [0.15, 0.2) is 0 Å². The molecule has 2 rings (SSSR count). The van der Waals surface area contributed by atoms with Gasteiger partial charge in [-0.3, -0.25) is 10.1 Å². The average molecular weight is 314 g/mol. The molecule has 0 radical (unpaired) electrons. The number of halogens is 3. The third kappa shape index (κ3) is 3.08. The number of hydrogen-bond acceptors (Lipinski definition) is 2. The SMILES string of the molecule is O=[N+]([O-])c1ccccc1CC(Cl)c1cccc(F)c1Cl. The van der Waals surface area contributed by atoms with Crippen LogP contribution in [0, 0.1) is 15.9 Å². The normalized spacial score (nSPS) is 12.2. The Morgan fingerprint density at radius 1 is 1.20 bits per heavy atom. The molecule has 0 fully saturated rings. The lowest BCUT2D eigenvalue weighted by atomic mass is 10.0. The molecule has 0 spiro atoms.